The highest BCUT2D eigenvalue weighted by molar-refractivity contribution is 6.00. The summed E-state index contributed by atoms with van der Waals surface area (Å²) in [4.78, 5) is 26.7. The monoisotopic (exact) mass is 350 g/mol. The quantitative estimate of drug-likeness (QED) is 0.922. The molecule has 0 saturated carbocycles. The molecule has 2 aromatic rings. The van der Waals surface area contributed by atoms with E-state index in [0.717, 1.165) is 47.5 Å². The lowest BCUT2D eigenvalue weighted by Gasteiger charge is -2.35. The van der Waals surface area contributed by atoms with E-state index in [0.29, 0.717) is 24.9 Å². The Morgan fingerprint density at radius 2 is 1.92 bits per heavy atom. The van der Waals surface area contributed by atoms with Gasteiger partial charge in [0, 0.05) is 30.6 Å². The number of amides is 2. The van der Waals surface area contributed by atoms with Crippen molar-refractivity contribution in [3.05, 3.63) is 58.7 Å². The maximum absolute atomic E-state index is 12.7. The molecule has 134 valence electrons. The lowest BCUT2D eigenvalue weighted by Crippen LogP contribution is -2.39. The molecule has 2 aliphatic heterocycles. The molecule has 0 aliphatic carbocycles. The zero-order chi connectivity index (χ0) is 18.1. The Morgan fingerprint density at radius 3 is 2.73 bits per heavy atom. The van der Waals surface area contributed by atoms with Gasteiger partial charge in [-0.1, -0.05) is 18.2 Å². The molecule has 0 spiro atoms. The van der Waals surface area contributed by atoms with Gasteiger partial charge >= 0.3 is 0 Å². The maximum Gasteiger partial charge on any atom is 0.251 e. The van der Waals surface area contributed by atoms with Crippen molar-refractivity contribution in [3.63, 3.8) is 0 Å². The Hall–Kier alpha value is -2.82. The first-order chi connectivity index (χ1) is 12.7. The van der Waals surface area contributed by atoms with Crippen LogP contribution in [0.3, 0.4) is 0 Å². The number of methoxy groups -OCH3 is 1. The van der Waals surface area contributed by atoms with Gasteiger partial charge in [0.25, 0.3) is 5.91 Å². The fourth-order valence-corrected chi connectivity index (χ4v) is 3.91. The van der Waals surface area contributed by atoms with Gasteiger partial charge in [-0.15, -0.1) is 0 Å². The molecule has 2 aliphatic rings. The van der Waals surface area contributed by atoms with E-state index in [1.54, 1.807) is 7.11 Å². The second-order valence-electron chi connectivity index (χ2n) is 6.79. The first kappa shape index (κ1) is 16.6. The predicted octanol–water partition coefficient (Wildman–Crippen LogP) is 2.85. The molecular weight excluding hydrogens is 328 g/mol. The van der Waals surface area contributed by atoms with Crippen LogP contribution in [0.2, 0.25) is 0 Å². The van der Waals surface area contributed by atoms with Crippen LogP contribution in [-0.2, 0) is 24.2 Å². The van der Waals surface area contributed by atoms with Gasteiger partial charge in [-0.05, 0) is 48.6 Å². The molecule has 5 nitrogen and oxygen atoms in total. The molecule has 0 saturated heterocycles. The average molecular weight is 350 g/mol. The van der Waals surface area contributed by atoms with Gasteiger partial charge in [0.15, 0.2) is 0 Å². The first-order valence-electron chi connectivity index (χ1n) is 9.03. The van der Waals surface area contributed by atoms with Crippen molar-refractivity contribution >= 4 is 17.5 Å². The third kappa shape index (κ3) is 2.94. The molecule has 0 fully saturated rings. The molecule has 1 N–H and O–H groups in total. The van der Waals surface area contributed by atoms with Gasteiger partial charge in [-0.25, -0.2) is 0 Å². The third-order valence-electron chi connectivity index (χ3n) is 5.17. The van der Waals surface area contributed by atoms with E-state index in [2.05, 4.69) is 5.32 Å². The number of nitrogens with zero attached hydrogens (tertiary/aromatic N) is 1. The molecule has 0 radical (unpaired) electrons. The van der Waals surface area contributed by atoms with Crippen molar-refractivity contribution in [1.29, 1.82) is 0 Å². The van der Waals surface area contributed by atoms with Crippen LogP contribution in [0.5, 0.6) is 5.75 Å². The highest BCUT2D eigenvalue weighted by atomic mass is 16.5. The summed E-state index contributed by atoms with van der Waals surface area (Å²) in [6, 6.07) is 11.6. The average Bonchev–Trinajstić information content (AvgIpc) is 2.68. The number of rotatable bonds is 4. The standard InChI is InChI=1S/C21H22N2O3/c1-26-18-7-3-2-5-16(18)13-22-21(25)17-11-14-6-4-10-23-19(24)9-8-15(12-17)20(14)23/h2-3,5,7,11-12H,4,6,8-10,13H2,1H3,(H,22,25). The molecule has 5 heteroatoms. The van der Waals surface area contributed by atoms with Crippen LogP contribution >= 0.6 is 0 Å². The molecule has 0 unspecified atom stereocenters. The molecule has 2 aromatic carbocycles. The summed E-state index contributed by atoms with van der Waals surface area (Å²) in [6.07, 6.45) is 3.11. The number of benzene rings is 2. The van der Waals surface area contributed by atoms with Gasteiger partial charge in [0.1, 0.15) is 5.75 Å². The normalized spacial score (nSPS) is 15.4. The van der Waals surface area contributed by atoms with E-state index in [1.807, 2.05) is 41.3 Å². The summed E-state index contributed by atoms with van der Waals surface area (Å²) in [5, 5.41) is 2.99. The van der Waals surface area contributed by atoms with Gasteiger partial charge in [-0.2, -0.15) is 0 Å². The third-order valence-corrected chi connectivity index (χ3v) is 5.17. The van der Waals surface area contributed by atoms with Crippen LogP contribution in [0.15, 0.2) is 36.4 Å². The number of ether oxygens (including phenoxy) is 1. The summed E-state index contributed by atoms with van der Waals surface area (Å²) < 4.78 is 5.33. The van der Waals surface area contributed by atoms with Crippen molar-refractivity contribution in [2.24, 2.45) is 0 Å². The fourth-order valence-electron chi connectivity index (χ4n) is 3.91. The van der Waals surface area contributed by atoms with E-state index >= 15 is 0 Å². The lowest BCUT2D eigenvalue weighted by molar-refractivity contribution is -0.119. The molecule has 0 atom stereocenters. The highest BCUT2D eigenvalue weighted by Gasteiger charge is 2.30. The summed E-state index contributed by atoms with van der Waals surface area (Å²) in [5.74, 6) is 0.873. The number of nitrogens with one attached hydrogen (secondary N) is 1. The smallest absolute Gasteiger partial charge is 0.251 e. The minimum atomic E-state index is -0.0935. The fraction of sp³-hybridized carbons (Fsp3) is 0.333. The number of aryl methyl sites for hydroxylation is 2. The summed E-state index contributed by atoms with van der Waals surface area (Å²) in [6.45, 7) is 1.21. The molecule has 4 rings (SSSR count). The number of hydrogen-bond donors (Lipinski definition) is 1. The Balaban J connectivity index is 1.57. The van der Waals surface area contributed by atoms with Crippen LogP contribution in [0.4, 0.5) is 5.69 Å². The van der Waals surface area contributed by atoms with Gasteiger partial charge in [-0.3, -0.25) is 9.59 Å². The van der Waals surface area contributed by atoms with Crippen molar-refractivity contribution in [3.8, 4) is 5.75 Å². The summed E-state index contributed by atoms with van der Waals surface area (Å²) >= 11 is 0. The van der Waals surface area contributed by atoms with Crippen molar-refractivity contribution in [1.82, 2.24) is 5.32 Å². The number of carbonyl (C=O) groups is 2. The van der Waals surface area contributed by atoms with E-state index in [1.165, 1.54) is 0 Å². The van der Waals surface area contributed by atoms with Crippen LogP contribution in [0.1, 0.15) is 39.9 Å². The van der Waals surface area contributed by atoms with E-state index in [4.69, 9.17) is 4.74 Å². The number of carbonyl (C=O) groups excluding carboxylic acids is 2. The molecular formula is C21H22N2O3. The lowest BCUT2D eigenvalue weighted by atomic mass is 9.89. The van der Waals surface area contributed by atoms with Crippen LogP contribution in [0, 0.1) is 0 Å². The molecule has 2 heterocycles. The zero-order valence-corrected chi connectivity index (χ0v) is 14.9. The topological polar surface area (TPSA) is 58.6 Å². The Morgan fingerprint density at radius 1 is 1.15 bits per heavy atom. The minimum Gasteiger partial charge on any atom is -0.496 e. The zero-order valence-electron chi connectivity index (χ0n) is 14.9. The largest absolute Gasteiger partial charge is 0.496 e. The SMILES string of the molecule is COc1ccccc1CNC(=O)c1cc2c3c(c1)CCC(=O)N3CCC2. The number of anilines is 1. The van der Waals surface area contributed by atoms with Crippen molar-refractivity contribution in [2.75, 3.05) is 18.6 Å². The highest BCUT2D eigenvalue weighted by Crippen LogP contribution is 2.36. The molecule has 0 aromatic heterocycles. The second-order valence-corrected chi connectivity index (χ2v) is 6.79. The Labute approximate surface area is 153 Å². The second kappa shape index (κ2) is 6.83. The van der Waals surface area contributed by atoms with Gasteiger partial charge in [0.2, 0.25) is 5.91 Å². The first-order valence-corrected chi connectivity index (χ1v) is 9.03. The van der Waals surface area contributed by atoms with Crippen LogP contribution in [-0.4, -0.2) is 25.5 Å². The Bertz CT molecular complexity index is 858. The molecule has 2 amide bonds. The minimum absolute atomic E-state index is 0.0935. The maximum atomic E-state index is 12.7. The predicted molar refractivity (Wildman–Crippen MR) is 99.6 cm³/mol. The number of para-hydroxylation sites is 1. The van der Waals surface area contributed by atoms with Crippen molar-refractivity contribution in [2.45, 2.75) is 32.2 Å². The van der Waals surface area contributed by atoms with E-state index < -0.39 is 0 Å². The Kier molecular flexibility index (Phi) is 4.37. The molecule has 26 heavy (non-hydrogen) atoms. The van der Waals surface area contributed by atoms with E-state index in [9.17, 15) is 9.59 Å². The van der Waals surface area contributed by atoms with Gasteiger partial charge in [0.05, 0.1) is 12.8 Å². The molecule has 0 bridgehead atoms. The van der Waals surface area contributed by atoms with Crippen LogP contribution in [0.25, 0.3) is 0 Å². The summed E-state index contributed by atoms with van der Waals surface area (Å²) in [5.41, 5.74) is 4.89. The number of hydrogen-bond acceptors (Lipinski definition) is 3. The van der Waals surface area contributed by atoms with Gasteiger partial charge < -0.3 is 15.0 Å². The summed E-state index contributed by atoms with van der Waals surface area (Å²) in [7, 11) is 1.63. The van der Waals surface area contributed by atoms with E-state index in [-0.39, 0.29) is 11.8 Å². The van der Waals surface area contributed by atoms with Crippen molar-refractivity contribution < 1.29 is 14.3 Å². The van der Waals surface area contributed by atoms with Crippen LogP contribution < -0.4 is 15.0 Å².